The molecule has 0 saturated carbocycles. The molecule has 0 aliphatic heterocycles. The van der Waals surface area contributed by atoms with Gasteiger partial charge in [-0.1, -0.05) is 11.3 Å². The molecule has 0 fully saturated rings. The Hall–Kier alpha value is -2.91. The van der Waals surface area contributed by atoms with E-state index in [-0.39, 0.29) is 17.4 Å². The van der Waals surface area contributed by atoms with Crippen LogP contribution >= 0.6 is 22.7 Å². The van der Waals surface area contributed by atoms with Gasteiger partial charge in [0.25, 0.3) is 11.6 Å². The fraction of sp³-hybridized carbons (Fsp3) is 0. The lowest BCUT2D eigenvalue weighted by Gasteiger charge is -1.96. The largest absolute Gasteiger partial charge is 0.297 e. The molecule has 2 aromatic carbocycles. The number of halogens is 1. The van der Waals surface area contributed by atoms with E-state index in [2.05, 4.69) is 10.3 Å². The number of hydrogen-bond donors (Lipinski definition) is 1. The van der Waals surface area contributed by atoms with Crippen LogP contribution in [0.1, 0.15) is 9.67 Å². The summed E-state index contributed by atoms with van der Waals surface area (Å²) >= 11 is 2.42. The Bertz CT molecular complexity index is 1150. The standard InChI is InChI=1S/C16H8FN3O3S2/c17-9-1-3-11-13(7-9)25-16(18-11)19-15(21)14-6-8-5-10(20(22)23)2-4-12(8)24-14/h1-7H,(H,18,19,21). The van der Waals surface area contributed by atoms with Crippen molar-refractivity contribution in [2.24, 2.45) is 0 Å². The number of nitro groups is 1. The Kier molecular flexibility index (Phi) is 3.66. The molecule has 0 aliphatic rings. The molecule has 124 valence electrons. The summed E-state index contributed by atoms with van der Waals surface area (Å²) in [6, 6.07) is 10.3. The average molecular weight is 373 g/mol. The SMILES string of the molecule is O=C(Nc1nc2ccc(F)cc2s1)c1cc2cc([N+](=O)[O-])ccc2s1. The number of aromatic nitrogens is 1. The molecule has 6 nitrogen and oxygen atoms in total. The van der Waals surface area contributed by atoms with Gasteiger partial charge in [-0.3, -0.25) is 20.2 Å². The molecule has 1 N–H and O–H groups in total. The summed E-state index contributed by atoms with van der Waals surface area (Å²) in [4.78, 5) is 27.4. The zero-order valence-electron chi connectivity index (χ0n) is 12.4. The Labute approximate surface area is 147 Å². The van der Waals surface area contributed by atoms with Crippen LogP contribution in [-0.4, -0.2) is 15.8 Å². The minimum absolute atomic E-state index is 0.0227. The van der Waals surface area contributed by atoms with Gasteiger partial charge in [-0.05, 0) is 30.3 Å². The predicted molar refractivity (Wildman–Crippen MR) is 96.0 cm³/mol. The summed E-state index contributed by atoms with van der Waals surface area (Å²) in [6.07, 6.45) is 0. The number of fused-ring (bicyclic) bond motifs is 2. The van der Waals surface area contributed by atoms with Gasteiger partial charge in [0.2, 0.25) is 0 Å². The van der Waals surface area contributed by atoms with Crippen molar-refractivity contribution in [3.8, 4) is 0 Å². The Morgan fingerprint density at radius 3 is 2.76 bits per heavy atom. The van der Waals surface area contributed by atoms with E-state index in [1.54, 1.807) is 18.2 Å². The predicted octanol–water partition coefficient (Wildman–Crippen LogP) is 4.81. The maximum Gasteiger partial charge on any atom is 0.270 e. The van der Waals surface area contributed by atoms with E-state index in [9.17, 15) is 19.3 Å². The number of nitro benzene ring substituents is 1. The molecule has 2 aromatic heterocycles. The molecule has 2 heterocycles. The molecular weight excluding hydrogens is 365 g/mol. The quantitative estimate of drug-likeness (QED) is 0.412. The second kappa shape index (κ2) is 5.87. The third-order valence-corrected chi connectivity index (χ3v) is 5.55. The molecule has 25 heavy (non-hydrogen) atoms. The van der Waals surface area contributed by atoms with Gasteiger partial charge in [0.05, 0.1) is 20.0 Å². The second-order valence-electron chi connectivity index (χ2n) is 5.18. The number of nitrogens with one attached hydrogen (secondary N) is 1. The van der Waals surface area contributed by atoms with E-state index in [1.807, 2.05) is 0 Å². The van der Waals surface area contributed by atoms with E-state index in [0.29, 0.717) is 25.6 Å². The molecule has 0 spiro atoms. The lowest BCUT2D eigenvalue weighted by molar-refractivity contribution is -0.384. The summed E-state index contributed by atoms with van der Waals surface area (Å²) in [6.45, 7) is 0. The lowest BCUT2D eigenvalue weighted by atomic mass is 10.2. The van der Waals surface area contributed by atoms with Gasteiger partial charge in [-0.15, -0.1) is 11.3 Å². The molecule has 0 bridgehead atoms. The smallest absolute Gasteiger partial charge is 0.270 e. The highest BCUT2D eigenvalue weighted by atomic mass is 32.1. The van der Waals surface area contributed by atoms with Crippen LogP contribution in [-0.2, 0) is 0 Å². The maximum absolute atomic E-state index is 13.2. The number of nitrogens with zero attached hydrogens (tertiary/aromatic N) is 2. The summed E-state index contributed by atoms with van der Waals surface area (Å²) in [5.41, 5.74) is 0.583. The fourth-order valence-corrected chi connectivity index (χ4v) is 4.19. The highest BCUT2D eigenvalue weighted by molar-refractivity contribution is 7.23. The van der Waals surface area contributed by atoms with E-state index in [4.69, 9.17) is 0 Å². The van der Waals surface area contributed by atoms with Crippen molar-refractivity contribution in [2.45, 2.75) is 0 Å². The summed E-state index contributed by atoms with van der Waals surface area (Å²) in [5, 5.41) is 14.5. The Morgan fingerprint density at radius 1 is 1.12 bits per heavy atom. The number of hydrogen-bond acceptors (Lipinski definition) is 6. The van der Waals surface area contributed by atoms with Gasteiger partial charge in [0, 0.05) is 22.2 Å². The summed E-state index contributed by atoms with van der Waals surface area (Å²) in [7, 11) is 0. The van der Waals surface area contributed by atoms with E-state index < -0.39 is 4.92 Å². The first-order valence-corrected chi connectivity index (χ1v) is 8.68. The number of rotatable bonds is 3. The van der Waals surface area contributed by atoms with Crippen molar-refractivity contribution >= 4 is 59.7 Å². The van der Waals surface area contributed by atoms with Crippen LogP contribution in [0.25, 0.3) is 20.3 Å². The highest BCUT2D eigenvalue weighted by Gasteiger charge is 2.15. The Morgan fingerprint density at radius 2 is 1.96 bits per heavy atom. The highest BCUT2D eigenvalue weighted by Crippen LogP contribution is 2.31. The molecule has 0 aliphatic carbocycles. The zero-order chi connectivity index (χ0) is 17.6. The van der Waals surface area contributed by atoms with E-state index in [1.165, 1.54) is 46.9 Å². The summed E-state index contributed by atoms with van der Waals surface area (Å²) < 4.78 is 14.6. The first-order valence-electron chi connectivity index (χ1n) is 7.05. The molecule has 4 rings (SSSR count). The van der Waals surface area contributed by atoms with Gasteiger partial charge in [0.15, 0.2) is 5.13 Å². The normalized spacial score (nSPS) is 11.1. The van der Waals surface area contributed by atoms with Crippen LogP contribution in [0.5, 0.6) is 0 Å². The van der Waals surface area contributed by atoms with Gasteiger partial charge in [-0.2, -0.15) is 0 Å². The third-order valence-electron chi connectivity index (χ3n) is 3.51. The van der Waals surface area contributed by atoms with Crippen LogP contribution in [0, 0.1) is 15.9 Å². The van der Waals surface area contributed by atoms with Gasteiger partial charge in [-0.25, -0.2) is 9.37 Å². The van der Waals surface area contributed by atoms with Crippen LogP contribution in [0.4, 0.5) is 15.2 Å². The number of amides is 1. The average Bonchev–Trinajstić information content (AvgIpc) is 3.16. The number of carbonyl (C=O) groups is 1. The van der Waals surface area contributed by atoms with Crippen molar-refractivity contribution in [3.63, 3.8) is 0 Å². The minimum Gasteiger partial charge on any atom is -0.297 e. The van der Waals surface area contributed by atoms with E-state index >= 15 is 0 Å². The van der Waals surface area contributed by atoms with Crippen molar-refractivity contribution in [3.05, 3.63) is 63.3 Å². The lowest BCUT2D eigenvalue weighted by Crippen LogP contribution is -2.09. The number of non-ortho nitro benzene ring substituents is 1. The molecule has 0 atom stereocenters. The molecule has 4 aromatic rings. The number of carbonyl (C=O) groups excluding carboxylic acids is 1. The number of anilines is 1. The van der Waals surface area contributed by atoms with Crippen molar-refractivity contribution in [2.75, 3.05) is 5.32 Å². The summed E-state index contributed by atoms with van der Waals surface area (Å²) in [5.74, 6) is -0.719. The first-order chi connectivity index (χ1) is 12.0. The molecule has 0 radical (unpaired) electrons. The number of thiophene rings is 1. The third kappa shape index (κ3) is 2.94. The second-order valence-corrected chi connectivity index (χ2v) is 7.29. The fourth-order valence-electron chi connectivity index (χ4n) is 2.37. The monoisotopic (exact) mass is 373 g/mol. The van der Waals surface area contributed by atoms with Crippen LogP contribution in [0.3, 0.4) is 0 Å². The molecule has 0 saturated heterocycles. The molecule has 1 amide bonds. The Balaban J connectivity index is 1.63. The first kappa shape index (κ1) is 15.6. The number of benzene rings is 2. The maximum atomic E-state index is 13.2. The van der Waals surface area contributed by atoms with Crippen LogP contribution in [0.15, 0.2) is 42.5 Å². The van der Waals surface area contributed by atoms with Gasteiger partial charge >= 0.3 is 0 Å². The zero-order valence-corrected chi connectivity index (χ0v) is 14.0. The molecular formula is C16H8FN3O3S2. The van der Waals surface area contributed by atoms with Crippen molar-refractivity contribution in [1.82, 2.24) is 4.98 Å². The van der Waals surface area contributed by atoms with E-state index in [0.717, 1.165) is 4.70 Å². The molecule has 0 unspecified atom stereocenters. The van der Waals surface area contributed by atoms with Gasteiger partial charge in [0.1, 0.15) is 5.82 Å². The topological polar surface area (TPSA) is 85.1 Å². The minimum atomic E-state index is -0.475. The van der Waals surface area contributed by atoms with Crippen molar-refractivity contribution < 1.29 is 14.1 Å². The van der Waals surface area contributed by atoms with Crippen LogP contribution in [0.2, 0.25) is 0 Å². The molecule has 9 heteroatoms. The number of thiazole rings is 1. The van der Waals surface area contributed by atoms with Crippen molar-refractivity contribution in [1.29, 1.82) is 0 Å². The van der Waals surface area contributed by atoms with Crippen LogP contribution < -0.4 is 5.32 Å². The van der Waals surface area contributed by atoms with Gasteiger partial charge < -0.3 is 0 Å².